The summed E-state index contributed by atoms with van der Waals surface area (Å²) in [5.41, 5.74) is 0. The molecule has 0 aromatic heterocycles. The van der Waals surface area contributed by atoms with Crippen molar-refractivity contribution in [3.63, 3.8) is 0 Å². The van der Waals surface area contributed by atoms with Crippen molar-refractivity contribution < 1.29 is 5.11 Å². The van der Waals surface area contributed by atoms with Gasteiger partial charge in [0.05, 0.1) is 0 Å². The maximum Gasteiger partial charge on any atom is 0.0402 e. The topological polar surface area (TPSA) is 20.2 Å². The minimum Gasteiger partial charge on any atom is -0.397 e. The fraction of sp³-hybridized carbons (Fsp3) is 1.00. The average molecular weight is 617 g/mol. The van der Waals surface area contributed by atoms with E-state index in [2.05, 4.69) is 35.4 Å². The summed E-state index contributed by atoms with van der Waals surface area (Å²) in [6, 6.07) is 0. The van der Waals surface area contributed by atoms with Crippen LogP contribution in [0.4, 0.5) is 0 Å². The summed E-state index contributed by atoms with van der Waals surface area (Å²) in [5, 5.41) is 7.57. The Morgan fingerprint density at radius 2 is 0.415 bits per heavy atom. The Balaban J connectivity index is 0. The number of unbranched alkanes of at least 4 members (excludes halogenated alkanes) is 30. The minimum absolute atomic E-state index is 0.250. The van der Waals surface area contributed by atoms with Crippen molar-refractivity contribution in [2.45, 2.75) is 226 Å². The normalized spacial score (nSPS) is 11.1. The Labute approximate surface area is 270 Å². The van der Waals surface area contributed by atoms with Gasteiger partial charge < -0.3 is 5.11 Å². The van der Waals surface area contributed by atoms with E-state index < -0.39 is 0 Å². The van der Waals surface area contributed by atoms with E-state index in [4.69, 9.17) is 5.11 Å². The molecule has 1 nitrogen and oxygen atoms in total. The molecule has 0 amide bonds. The number of hydrogen-bond acceptors (Lipinski definition) is 3. The van der Waals surface area contributed by atoms with E-state index in [0.717, 1.165) is 0 Å². The lowest BCUT2D eigenvalue weighted by Gasteiger charge is -2.04. The first-order valence-electron chi connectivity index (χ1n) is 19.2. The lowest BCUT2D eigenvalue weighted by atomic mass is 10.0. The van der Waals surface area contributed by atoms with E-state index in [1.54, 1.807) is 6.92 Å². The van der Waals surface area contributed by atoms with Crippen molar-refractivity contribution >= 4 is 21.6 Å². The van der Waals surface area contributed by atoms with Crippen LogP contribution in [-0.4, -0.2) is 23.2 Å². The van der Waals surface area contributed by atoms with Crippen LogP contribution in [0.1, 0.15) is 226 Å². The third kappa shape index (κ3) is 47.8. The molecule has 1 N–H and O–H groups in total. The van der Waals surface area contributed by atoms with Gasteiger partial charge in [-0.2, -0.15) is 0 Å². The van der Waals surface area contributed by atoms with Crippen molar-refractivity contribution in [3.05, 3.63) is 0 Å². The second-order valence-corrected chi connectivity index (χ2v) is 15.3. The van der Waals surface area contributed by atoms with Crippen LogP contribution in [0.15, 0.2) is 0 Å². The Bertz CT molecular complexity index is 368. The SMILES string of the molecule is CCCCCCCCCCCCCCCCCCSSCCCCCCCCCCCCCCCCCC.CCO. The Morgan fingerprint density at radius 3 is 0.585 bits per heavy atom. The summed E-state index contributed by atoms with van der Waals surface area (Å²) in [6.45, 7) is 6.55. The fourth-order valence-corrected chi connectivity index (χ4v) is 7.83. The maximum atomic E-state index is 7.57. The number of aliphatic hydroxyl groups is 1. The number of aliphatic hydroxyl groups excluding tert-OH is 1. The first-order chi connectivity index (χ1) is 20.3. The fourth-order valence-electron chi connectivity index (χ4n) is 5.54. The first kappa shape index (κ1) is 43.8. The van der Waals surface area contributed by atoms with Crippen molar-refractivity contribution in [1.29, 1.82) is 0 Å². The number of rotatable bonds is 35. The second kappa shape index (κ2) is 45.1. The molecule has 0 aromatic rings. The second-order valence-electron chi connectivity index (χ2n) is 12.6. The van der Waals surface area contributed by atoms with Gasteiger partial charge in [0.2, 0.25) is 0 Å². The molecule has 0 aromatic carbocycles. The maximum absolute atomic E-state index is 7.57. The van der Waals surface area contributed by atoms with E-state index in [-0.39, 0.29) is 6.61 Å². The first-order valence-corrected chi connectivity index (χ1v) is 21.7. The highest BCUT2D eigenvalue weighted by atomic mass is 33.1. The van der Waals surface area contributed by atoms with Gasteiger partial charge in [-0.05, 0) is 19.8 Å². The highest BCUT2D eigenvalue weighted by Crippen LogP contribution is 2.25. The molecule has 0 spiro atoms. The Hall–Kier alpha value is 0.660. The highest BCUT2D eigenvalue weighted by molar-refractivity contribution is 8.76. The van der Waals surface area contributed by atoms with Gasteiger partial charge in [0.25, 0.3) is 0 Å². The molecule has 0 bridgehead atoms. The standard InChI is InChI=1S/C36H74S2.C2H6O/c1-3-5-7-9-11-13-15-17-19-21-23-25-27-29-31-33-35-37-38-36-34-32-30-28-26-24-22-20-18-16-14-12-10-8-6-4-2;1-2-3/h3-36H2,1-2H3;3H,2H2,1H3. The van der Waals surface area contributed by atoms with Crippen LogP contribution in [-0.2, 0) is 0 Å². The van der Waals surface area contributed by atoms with Crippen LogP contribution in [0.2, 0.25) is 0 Å². The van der Waals surface area contributed by atoms with Crippen LogP contribution in [0.3, 0.4) is 0 Å². The van der Waals surface area contributed by atoms with Gasteiger partial charge in [-0.15, -0.1) is 0 Å². The van der Waals surface area contributed by atoms with Gasteiger partial charge in [-0.1, -0.05) is 228 Å². The zero-order chi connectivity index (χ0) is 30.2. The summed E-state index contributed by atoms with van der Waals surface area (Å²) in [7, 11) is 4.29. The Morgan fingerprint density at radius 1 is 0.268 bits per heavy atom. The molecule has 0 aliphatic heterocycles. The zero-order valence-electron chi connectivity index (χ0n) is 29.0. The van der Waals surface area contributed by atoms with Gasteiger partial charge in [-0.25, -0.2) is 0 Å². The van der Waals surface area contributed by atoms with E-state index in [0.29, 0.717) is 0 Å². The molecule has 41 heavy (non-hydrogen) atoms. The molecule has 3 heteroatoms. The average Bonchev–Trinajstić information content (AvgIpc) is 2.98. The predicted molar refractivity (Wildman–Crippen MR) is 197 cm³/mol. The van der Waals surface area contributed by atoms with Crippen molar-refractivity contribution in [1.82, 2.24) is 0 Å². The smallest absolute Gasteiger partial charge is 0.0402 e. The van der Waals surface area contributed by atoms with Gasteiger partial charge >= 0.3 is 0 Å². The van der Waals surface area contributed by atoms with E-state index in [1.165, 1.54) is 217 Å². The summed E-state index contributed by atoms with van der Waals surface area (Å²) in [6.07, 6.45) is 47.0. The largest absolute Gasteiger partial charge is 0.397 e. The number of hydrogen-bond donors (Lipinski definition) is 1. The molecule has 250 valence electrons. The van der Waals surface area contributed by atoms with Crippen LogP contribution >= 0.6 is 21.6 Å². The summed E-state index contributed by atoms with van der Waals surface area (Å²) < 4.78 is 0. The molecule has 0 aliphatic rings. The van der Waals surface area contributed by atoms with Gasteiger partial charge in [0.15, 0.2) is 0 Å². The van der Waals surface area contributed by atoms with E-state index >= 15 is 0 Å². The Kier molecular flexibility index (Phi) is 48.2. The van der Waals surface area contributed by atoms with Gasteiger partial charge in [0, 0.05) is 18.1 Å². The van der Waals surface area contributed by atoms with Crippen LogP contribution in [0.5, 0.6) is 0 Å². The molecule has 0 rings (SSSR count). The van der Waals surface area contributed by atoms with Crippen LogP contribution < -0.4 is 0 Å². The third-order valence-electron chi connectivity index (χ3n) is 8.25. The molecule has 0 fully saturated rings. The van der Waals surface area contributed by atoms with Crippen molar-refractivity contribution in [3.8, 4) is 0 Å². The molecule has 0 saturated carbocycles. The highest BCUT2D eigenvalue weighted by Gasteiger charge is 1.97. The van der Waals surface area contributed by atoms with Gasteiger partial charge in [-0.3, -0.25) is 0 Å². The monoisotopic (exact) mass is 617 g/mol. The summed E-state index contributed by atoms with van der Waals surface area (Å²) >= 11 is 0. The summed E-state index contributed by atoms with van der Waals surface area (Å²) in [4.78, 5) is 0. The van der Waals surface area contributed by atoms with E-state index in [9.17, 15) is 0 Å². The summed E-state index contributed by atoms with van der Waals surface area (Å²) in [5.74, 6) is 2.75. The van der Waals surface area contributed by atoms with Crippen LogP contribution in [0.25, 0.3) is 0 Å². The van der Waals surface area contributed by atoms with Crippen molar-refractivity contribution in [2.75, 3.05) is 18.1 Å². The lowest BCUT2D eigenvalue weighted by molar-refractivity contribution is 0.318. The molecule has 0 aliphatic carbocycles. The molecule has 0 saturated heterocycles. The minimum atomic E-state index is 0.250. The quantitative estimate of drug-likeness (QED) is 0.0565. The van der Waals surface area contributed by atoms with Gasteiger partial charge in [0.1, 0.15) is 0 Å². The van der Waals surface area contributed by atoms with E-state index in [1.807, 2.05) is 0 Å². The zero-order valence-corrected chi connectivity index (χ0v) is 30.6. The predicted octanol–water partition coefficient (Wildman–Crippen LogP) is 14.9. The molecular weight excluding hydrogens is 537 g/mol. The molecule has 0 unspecified atom stereocenters. The van der Waals surface area contributed by atoms with Crippen molar-refractivity contribution in [2.24, 2.45) is 0 Å². The molecule has 0 heterocycles. The molecular formula is C38H80OS2. The molecule has 0 atom stereocenters. The molecule has 0 radical (unpaired) electrons. The van der Waals surface area contributed by atoms with Crippen LogP contribution in [0, 0.1) is 0 Å². The lowest BCUT2D eigenvalue weighted by Crippen LogP contribution is -1.85. The third-order valence-corrected chi connectivity index (χ3v) is 10.8.